The van der Waals surface area contributed by atoms with Gasteiger partial charge in [0.25, 0.3) is 0 Å². The van der Waals surface area contributed by atoms with Gasteiger partial charge in [0, 0.05) is 30.7 Å². The van der Waals surface area contributed by atoms with Gasteiger partial charge < -0.3 is 28.8 Å². The van der Waals surface area contributed by atoms with E-state index < -0.39 is 11.2 Å². The van der Waals surface area contributed by atoms with E-state index in [9.17, 15) is 24.6 Å². The van der Waals surface area contributed by atoms with E-state index in [4.69, 9.17) is 18.6 Å². The lowest BCUT2D eigenvalue weighted by Crippen LogP contribution is -2.50. The fraction of sp³-hybridized carbons (Fsp3) is 0.511. The van der Waals surface area contributed by atoms with Crippen LogP contribution in [0.1, 0.15) is 111 Å². The molecule has 9 nitrogen and oxygen atoms in total. The second kappa shape index (κ2) is 14.6. The van der Waals surface area contributed by atoms with Gasteiger partial charge in [0.1, 0.15) is 51.4 Å². The Kier molecular flexibility index (Phi) is 10.3. The first kappa shape index (κ1) is 39.4. The third-order valence-corrected chi connectivity index (χ3v) is 13.6. The van der Waals surface area contributed by atoms with Gasteiger partial charge in [0.05, 0.1) is 12.7 Å². The molecular formula is C47H56O9. The maximum absolute atomic E-state index is 12.9. The summed E-state index contributed by atoms with van der Waals surface area (Å²) in [5.74, 6) is 3.11. The third kappa shape index (κ3) is 6.85. The lowest BCUT2D eigenvalue weighted by atomic mass is 9.48. The number of fused-ring (bicyclic) bond motifs is 8. The van der Waals surface area contributed by atoms with E-state index in [0.29, 0.717) is 58.0 Å². The molecule has 6 unspecified atom stereocenters. The molecule has 4 aliphatic carbocycles. The number of ether oxygens (including phenoxy) is 3. The smallest absolute Gasteiger partial charge is 0.348 e. The van der Waals surface area contributed by atoms with Crippen molar-refractivity contribution in [2.75, 3.05) is 7.11 Å². The zero-order valence-electron chi connectivity index (χ0n) is 34.0. The van der Waals surface area contributed by atoms with Gasteiger partial charge in [-0.1, -0.05) is 49.3 Å². The van der Waals surface area contributed by atoms with Crippen LogP contribution in [-0.4, -0.2) is 40.8 Å². The summed E-state index contributed by atoms with van der Waals surface area (Å²) in [4.78, 5) is 36.7. The number of carbonyl (C=O) groups is 2. The van der Waals surface area contributed by atoms with E-state index >= 15 is 0 Å². The normalized spacial score (nSPS) is 28.3. The molecule has 0 amide bonds. The van der Waals surface area contributed by atoms with Gasteiger partial charge >= 0.3 is 11.6 Å². The quantitative estimate of drug-likeness (QED) is 0.148. The minimum atomic E-state index is -0.694. The van der Waals surface area contributed by atoms with Crippen LogP contribution in [0.25, 0.3) is 28.2 Å². The van der Waals surface area contributed by atoms with Crippen molar-refractivity contribution in [3.8, 4) is 34.1 Å². The molecule has 8 rings (SSSR count). The summed E-state index contributed by atoms with van der Waals surface area (Å²) in [5, 5.41) is 21.2. The van der Waals surface area contributed by atoms with E-state index in [1.165, 1.54) is 38.2 Å². The summed E-state index contributed by atoms with van der Waals surface area (Å²) < 4.78 is 23.3. The Morgan fingerprint density at radius 3 is 2.34 bits per heavy atom. The number of methoxy groups -OCH3 is 1. The van der Waals surface area contributed by atoms with Crippen molar-refractivity contribution in [2.45, 2.75) is 118 Å². The summed E-state index contributed by atoms with van der Waals surface area (Å²) >= 11 is 0. The number of rotatable bonds is 5. The number of ketones is 1. The number of hydrogen-bond donors (Lipinski definition) is 2. The molecule has 9 heteroatoms. The molecule has 3 aromatic rings. The molecule has 0 radical (unpaired) electrons. The predicted molar refractivity (Wildman–Crippen MR) is 217 cm³/mol. The molecule has 0 spiro atoms. The SMILES string of the molecule is CC(=O)OC1CCC2(C)C(=CCC3C4CCC(=O)C4(C)CCC32)C1.COc1c(CC=C(C)C)c2c(c3oc(=O)c(-c4ccc(O)cc4)c(O)c13)C=CC(C)(C)O2. The monoisotopic (exact) mass is 764 g/mol. The lowest BCUT2D eigenvalue weighted by molar-refractivity contribution is -0.148. The second-order valence-electron chi connectivity index (χ2n) is 17.8. The number of Topliss-reactive ketones (excluding diaryl/α,β-unsaturated/α-hetero) is 1. The third-order valence-electron chi connectivity index (χ3n) is 13.6. The van der Waals surface area contributed by atoms with Crippen LogP contribution in [0.15, 0.2) is 62.9 Å². The second-order valence-corrected chi connectivity index (χ2v) is 17.8. The van der Waals surface area contributed by atoms with Crippen LogP contribution < -0.4 is 15.1 Å². The Balaban J connectivity index is 0.000000178. The van der Waals surface area contributed by atoms with Gasteiger partial charge in [-0.2, -0.15) is 0 Å². The highest BCUT2D eigenvalue weighted by Crippen LogP contribution is 2.64. The lowest BCUT2D eigenvalue weighted by Gasteiger charge is -2.56. The van der Waals surface area contributed by atoms with Crippen LogP contribution >= 0.6 is 0 Å². The highest BCUT2D eigenvalue weighted by atomic mass is 16.5. The summed E-state index contributed by atoms with van der Waals surface area (Å²) in [6.07, 6.45) is 17.1. The van der Waals surface area contributed by atoms with Gasteiger partial charge in [-0.15, -0.1) is 0 Å². The molecule has 3 saturated carbocycles. The molecule has 2 aromatic carbocycles. The fourth-order valence-electron chi connectivity index (χ4n) is 10.6. The van der Waals surface area contributed by atoms with Crippen LogP contribution in [0.2, 0.25) is 0 Å². The number of carbonyl (C=O) groups excluding carboxylic acids is 2. The van der Waals surface area contributed by atoms with Crippen LogP contribution in [0.3, 0.4) is 0 Å². The first-order chi connectivity index (χ1) is 26.5. The summed E-state index contributed by atoms with van der Waals surface area (Å²) in [7, 11) is 1.52. The number of phenols is 1. The predicted octanol–water partition coefficient (Wildman–Crippen LogP) is 10.0. The van der Waals surface area contributed by atoms with E-state index in [1.54, 1.807) is 12.1 Å². The zero-order chi connectivity index (χ0) is 40.3. The molecule has 2 heterocycles. The highest BCUT2D eigenvalue weighted by molar-refractivity contribution is 6.02. The topological polar surface area (TPSA) is 132 Å². The summed E-state index contributed by atoms with van der Waals surface area (Å²) in [6, 6.07) is 5.99. The summed E-state index contributed by atoms with van der Waals surface area (Å²) in [5.41, 5.74) is 3.59. The summed E-state index contributed by atoms with van der Waals surface area (Å²) in [6.45, 7) is 14.1. The molecular weight excluding hydrogens is 709 g/mol. The molecule has 1 aliphatic heterocycles. The molecule has 56 heavy (non-hydrogen) atoms. The number of hydrogen-bond acceptors (Lipinski definition) is 9. The molecule has 6 atom stereocenters. The Morgan fingerprint density at radius 2 is 1.66 bits per heavy atom. The molecule has 1 aromatic heterocycles. The van der Waals surface area contributed by atoms with Crippen LogP contribution in [0.4, 0.5) is 0 Å². The first-order valence-electron chi connectivity index (χ1n) is 20.1. The standard InChI is InChI=1S/C26H26O6.C21H30O3/c1-14(2)6-11-17-22-18(12-13-26(3,4)32-22)24-20(23(17)30-5)21(28)19(25(29)31-24)15-7-9-16(27)10-8-15;1-13(22)24-15-8-10-20(2)14(12-15)4-5-16-17-6-7-19(23)21(17,3)11-9-18(16)20/h6-10,12-13,27-28H,11H2,1-5H3;4,15-18H,5-12H2,1-3H3. The molecule has 5 aliphatic rings. The first-order valence-corrected chi connectivity index (χ1v) is 20.1. The molecule has 3 fully saturated rings. The highest BCUT2D eigenvalue weighted by Gasteiger charge is 2.58. The maximum Gasteiger partial charge on any atom is 0.348 e. The molecule has 2 N–H and O–H groups in total. The van der Waals surface area contributed by atoms with E-state index in [-0.39, 0.29) is 45.5 Å². The van der Waals surface area contributed by atoms with Crippen molar-refractivity contribution >= 4 is 28.8 Å². The van der Waals surface area contributed by atoms with Crippen molar-refractivity contribution < 1.29 is 38.4 Å². The molecule has 0 bridgehead atoms. The van der Waals surface area contributed by atoms with Crippen molar-refractivity contribution in [2.24, 2.45) is 28.6 Å². The molecule has 0 saturated heterocycles. The average Bonchev–Trinajstić information content (AvgIpc) is 3.44. The number of allylic oxidation sites excluding steroid dienone is 3. The number of phenolic OH excluding ortho intramolecular Hbond substituents is 1. The largest absolute Gasteiger partial charge is 0.508 e. The maximum atomic E-state index is 12.9. The minimum absolute atomic E-state index is 0.00458. The number of esters is 1. The van der Waals surface area contributed by atoms with Gasteiger partial charge in [0.2, 0.25) is 0 Å². The zero-order valence-corrected chi connectivity index (χ0v) is 34.0. The van der Waals surface area contributed by atoms with Crippen molar-refractivity contribution in [1.82, 2.24) is 0 Å². The fourth-order valence-corrected chi connectivity index (χ4v) is 10.6. The molecule has 298 valence electrons. The van der Waals surface area contributed by atoms with Crippen molar-refractivity contribution in [3.63, 3.8) is 0 Å². The van der Waals surface area contributed by atoms with Crippen LogP contribution in [0.5, 0.6) is 23.0 Å². The Morgan fingerprint density at radius 1 is 0.964 bits per heavy atom. The minimum Gasteiger partial charge on any atom is -0.508 e. The average molecular weight is 765 g/mol. The Bertz CT molecular complexity index is 2220. The van der Waals surface area contributed by atoms with E-state index in [2.05, 4.69) is 26.0 Å². The van der Waals surface area contributed by atoms with E-state index in [0.717, 1.165) is 56.1 Å². The van der Waals surface area contributed by atoms with Crippen LogP contribution in [0, 0.1) is 28.6 Å². The van der Waals surface area contributed by atoms with Crippen LogP contribution in [-0.2, 0) is 20.7 Å². The van der Waals surface area contributed by atoms with Gasteiger partial charge in [-0.25, -0.2) is 4.79 Å². The number of benzene rings is 2. The number of aromatic hydroxyl groups is 2. The Labute approximate surface area is 329 Å². The van der Waals surface area contributed by atoms with Crippen molar-refractivity contribution in [1.29, 1.82) is 0 Å². The van der Waals surface area contributed by atoms with Gasteiger partial charge in [-0.3, -0.25) is 9.59 Å². The Hall–Kier alpha value is -4.79. The van der Waals surface area contributed by atoms with Gasteiger partial charge in [-0.05, 0) is 126 Å². The van der Waals surface area contributed by atoms with Gasteiger partial charge in [0.15, 0.2) is 5.58 Å². The van der Waals surface area contributed by atoms with Crippen molar-refractivity contribution in [3.05, 3.63) is 75.2 Å². The van der Waals surface area contributed by atoms with E-state index in [1.807, 2.05) is 39.8 Å².